The maximum atomic E-state index is 12.6. The molecule has 4 rings (SSSR count). The van der Waals surface area contributed by atoms with Gasteiger partial charge in [-0.15, -0.1) is 0 Å². The van der Waals surface area contributed by atoms with Crippen LogP contribution in [0.15, 0.2) is 35.0 Å². The second-order valence-electron chi connectivity index (χ2n) is 6.78. The summed E-state index contributed by atoms with van der Waals surface area (Å²) in [5.74, 6) is 1.59. The average Bonchev–Trinajstić information content (AvgIpc) is 3.29. The number of H-pyrrole nitrogens is 1. The molecular weight excluding hydrogens is 358 g/mol. The minimum Gasteiger partial charge on any atom is -0.348 e. The number of benzene rings is 1. The van der Waals surface area contributed by atoms with Gasteiger partial charge in [-0.25, -0.2) is 0 Å². The third kappa shape index (κ3) is 3.86. The van der Waals surface area contributed by atoms with Crippen LogP contribution in [0.5, 0.6) is 0 Å². The van der Waals surface area contributed by atoms with Gasteiger partial charge in [0.2, 0.25) is 0 Å². The number of hydrogen-bond acceptors (Lipinski definition) is 7. The Morgan fingerprint density at radius 2 is 2.18 bits per heavy atom. The van der Waals surface area contributed by atoms with Crippen molar-refractivity contribution in [2.24, 2.45) is 5.92 Å². The summed E-state index contributed by atoms with van der Waals surface area (Å²) < 4.78 is 5.15. The summed E-state index contributed by atoms with van der Waals surface area (Å²) in [6.07, 6.45) is 3.96. The minimum atomic E-state index is -0.249. The SMILES string of the molecule is Cc1noc(-c2ccc(Nc3n[nH]cc3C(=O)NC(CC#N)C3CC3)cc2)n1. The smallest absolute Gasteiger partial charge is 0.257 e. The Balaban J connectivity index is 1.45. The number of nitriles is 1. The normalized spacial score (nSPS) is 14.3. The molecule has 1 aliphatic carbocycles. The van der Waals surface area contributed by atoms with Crippen LogP contribution >= 0.6 is 0 Å². The number of anilines is 2. The first-order valence-corrected chi connectivity index (χ1v) is 9.03. The number of amides is 1. The van der Waals surface area contributed by atoms with Gasteiger partial charge in [-0.3, -0.25) is 9.89 Å². The number of aromatic amines is 1. The van der Waals surface area contributed by atoms with Gasteiger partial charge in [-0.2, -0.15) is 15.3 Å². The summed E-state index contributed by atoms with van der Waals surface area (Å²) in [7, 11) is 0. The van der Waals surface area contributed by atoms with Crippen LogP contribution in [0.3, 0.4) is 0 Å². The van der Waals surface area contributed by atoms with Crippen LogP contribution in [-0.4, -0.2) is 32.3 Å². The molecule has 2 aromatic heterocycles. The molecule has 28 heavy (non-hydrogen) atoms. The highest BCUT2D eigenvalue weighted by molar-refractivity contribution is 5.99. The first-order chi connectivity index (χ1) is 13.6. The Bertz CT molecular complexity index is 1010. The van der Waals surface area contributed by atoms with E-state index in [0.717, 1.165) is 24.1 Å². The van der Waals surface area contributed by atoms with Crippen molar-refractivity contribution in [2.45, 2.75) is 32.2 Å². The number of aryl methyl sites for hydroxylation is 1. The molecule has 0 aliphatic heterocycles. The van der Waals surface area contributed by atoms with Crippen molar-refractivity contribution in [3.05, 3.63) is 41.9 Å². The van der Waals surface area contributed by atoms with Crippen LogP contribution in [0.1, 0.15) is 35.4 Å². The van der Waals surface area contributed by atoms with Gasteiger partial charge in [0.25, 0.3) is 11.8 Å². The lowest BCUT2D eigenvalue weighted by molar-refractivity contribution is 0.0934. The molecule has 1 amide bonds. The average molecular weight is 377 g/mol. The summed E-state index contributed by atoms with van der Waals surface area (Å²) in [6.45, 7) is 1.76. The predicted octanol–water partition coefficient (Wildman–Crippen LogP) is 2.93. The van der Waals surface area contributed by atoms with E-state index in [-0.39, 0.29) is 11.9 Å². The molecule has 9 heteroatoms. The highest BCUT2D eigenvalue weighted by atomic mass is 16.5. The number of nitrogens with one attached hydrogen (secondary N) is 3. The molecule has 9 nitrogen and oxygen atoms in total. The molecule has 0 saturated heterocycles. The zero-order valence-electron chi connectivity index (χ0n) is 15.3. The maximum absolute atomic E-state index is 12.6. The van der Waals surface area contributed by atoms with E-state index >= 15 is 0 Å². The number of rotatable bonds is 7. The summed E-state index contributed by atoms with van der Waals surface area (Å²) in [5, 5.41) is 25.7. The molecule has 1 unspecified atom stereocenters. The van der Waals surface area contributed by atoms with Gasteiger partial charge in [0.15, 0.2) is 11.6 Å². The van der Waals surface area contributed by atoms with Gasteiger partial charge >= 0.3 is 0 Å². The van der Waals surface area contributed by atoms with Crippen molar-refractivity contribution < 1.29 is 9.32 Å². The molecule has 0 spiro atoms. The number of hydrogen-bond donors (Lipinski definition) is 3. The van der Waals surface area contributed by atoms with Gasteiger partial charge < -0.3 is 15.2 Å². The molecule has 3 N–H and O–H groups in total. The molecule has 1 atom stereocenters. The van der Waals surface area contributed by atoms with Crippen molar-refractivity contribution in [3.63, 3.8) is 0 Å². The topological polar surface area (TPSA) is 133 Å². The van der Waals surface area contributed by atoms with Crippen LogP contribution in [0.4, 0.5) is 11.5 Å². The van der Waals surface area contributed by atoms with E-state index in [0.29, 0.717) is 35.4 Å². The standard InChI is InChI=1S/C19H19N7O2/c1-11-22-19(28-26-11)13-4-6-14(7-5-13)23-17-15(10-21-25-17)18(27)24-16(8-9-20)12-2-3-12/h4-7,10,12,16H,2-3,8H2,1H3,(H,24,27)(H2,21,23,25). The minimum absolute atomic E-state index is 0.114. The fourth-order valence-electron chi connectivity index (χ4n) is 2.98. The summed E-state index contributed by atoms with van der Waals surface area (Å²) in [5.41, 5.74) is 1.96. The lowest BCUT2D eigenvalue weighted by atomic mass is 10.1. The molecule has 0 bridgehead atoms. The van der Waals surface area contributed by atoms with Crippen LogP contribution in [-0.2, 0) is 0 Å². The number of carbonyl (C=O) groups is 1. The van der Waals surface area contributed by atoms with Crippen molar-refractivity contribution in [1.29, 1.82) is 5.26 Å². The van der Waals surface area contributed by atoms with Crippen molar-refractivity contribution in [3.8, 4) is 17.5 Å². The van der Waals surface area contributed by atoms with E-state index in [1.165, 1.54) is 0 Å². The number of carbonyl (C=O) groups excluding carboxylic acids is 1. The Kier molecular flexibility index (Phi) is 4.76. The van der Waals surface area contributed by atoms with Crippen LogP contribution in [0, 0.1) is 24.2 Å². The maximum Gasteiger partial charge on any atom is 0.257 e. The molecule has 3 aromatic rings. The molecule has 1 aliphatic rings. The second-order valence-corrected chi connectivity index (χ2v) is 6.78. The molecular formula is C19H19N7O2. The molecule has 142 valence electrons. The largest absolute Gasteiger partial charge is 0.348 e. The predicted molar refractivity (Wildman–Crippen MR) is 101 cm³/mol. The monoisotopic (exact) mass is 377 g/mol. The molecule has 1 saturated carbocycles. The Morgan fingerprint density at radius 1 is 1.39 bits per heavy atom. The van der Waals surface area contributed by atoms with Crippen molar-refractivity contribution in [2.75, 3.05) is 5.32 Å². The zero-order chi connectivity index (χ0) is 19.5. The van der Waals surface area contributed by atoms with E-state index in [1.807, 2.05) is 24.3 Å². The fourth-order valence-corrected chi connectivity index (χ4v) is 2.98. The van der Waals surface area contributed by atoms with Gasteiger partial charge in [0.05, 0.1) is 12.5 Å². The first kappa shape index (κ1) is 17.7. The molecule has 2 heterocycles. The third-order valence-corrected chi connectivity index (χ3v) is 4.63. The number of nitrogens with zero attached hydrogens (tertiary/aromatic N) is 4. The van der Waals surface area contributed by atoms with Crippen molar-refractivity contribution in [1.82, 2.24) is 25.7 Å². The molecule has 0 radical (unpaired) electrons. The summed E-state index contributed by atoms with van der Waals surface area (Å²) >= 11 is 0. The zero-order valence-corrected chi connectivity index (χ0v) is 15.3. The van der Waals surface area contributed by atoms with Gasteiger partial charge in [0.1, 0.15) is 5.56 Å². The highest BCUT2D eigenvalue weighted by Gasteiger charge is 2.32. The Labute approximate surface area is 161 Å². The van der Waals surface area contributed by atoms with Gasteiger partial charge in [-0.05, 0) is 49.9 Å². The molecule has 1 aromatic carbocycles. The van der Waals surface area contributed by atoms with E-state index < -0.39 is 0 Å². The second kappa shape index (κ2) is 7.52. The molecule has 1 fully saturated rings. The Morgan fingerprint density at radius 3 is 2.82 bits per heavy atom. The van der Waals surface area contributed by atoms with E-state index in [2.05, 4.69) is 37.0 Å². The summed E-state index contributed by atoms with van der Waals surface area (Å²) in [6, 6.07) is 9.40. The third-order valence-electron chi connectivity index (χ3n) is 4.63. The van der Waals surface area contributed by atoms with Crippen molar-refractivity contribution >= 4 is 17.4 Å². The van der Waals surface area contributed by atoms with E-state index in [4.69, 9.17) is 9.78 Å². The van der Waals surface area contributed by atoms with Gasteiger partial charge in [-0.1, -0.05) is 5.16 Å². The highest BCUT2D eigenvalue weighted by Crippen LogP contribution is 2.34. The quantitative estimate of drug-likeness (QED) is 0.576. The van der Waals surface area contributed by atoms with Crippen LogP contribution in [0.25, 0.3) is 11.5 Å². The summed E-state index contributed by atoms with van der Waals surface area (Å²) in [4.78, 5) is 16.8. The van der Waals surface area contributed by atoms with E-state index in [9.17, 15) is 4.79 Å². The van der Waals surface area contributed by atoms with Crippen LogP contribution < -0.4 is 10.6 Å². The Hall–Kier alpha value is -3.67. The van der Waals surface area contributed by atoms with Gasteiger partial charge in [0, 0.05) is 23.5 Å². The first-order valence-electron chi connectivity index (χ1n) is 9.03. The van der Waals surface area contributed by atoms with E-state index in [1.54, 1.807) is 13.1 Å². The lowest BCUT2D eigenvalue weighted by Gasteiger charge is -2.15. The lowest BCUT2D eigenvalue weighted by Crippen LogP contribution is -2.36. The van der Waals surface area contributed by atoms with Crippen LogP contribution in [0.2, 0.25) is 0 Å². The fraction of sp³-hybridized carbons (Fsp3) is 0.316. The number of aromatic nitrogens is 4.